The number of benzene rings is 2. The monoisotopic (exact) mass is 224 g/mol. The summed E-state index contributed by atoms with van der Waals surface area (Å²) in [7, 11) is 0. The van der Waals surface area contributed by atoms with Crippen LogP contribution in [0, 0.1) is 6.92 Å². The summed E-state index contributed by atoms with van der Waals surface area (Å²) in [5, 5.41) is 0. The fraction of sp³-hybridized carbons (Fsp3) is 0.294. The first kappa shape index (κ1) is 11.9. The van der Waals surface area contributed by atoms with Gasteiger partial charge in [0.05, 0.1) is 0 Å². The smallest absolute Gasteiger partial charge is 0.0181 e. The molecule has 17 heavy (non-hydrogen) atoms. The van der Waals surface area contributed by atoms with Crippen LogP contribution in [0.2, 0.25) is 0 Å². The quantitative estimate of drug-likeness (QED) is 0.703. The Labute approximate surface area is 104 Å². The van der Waals surface area contributed by atoms with Crippen molar-refractivity contribution in [2.75, 3.05) is 0 Å². The molecule has 0 nitrogen and oxygen atoms in total. The van der Waals surface area contributed by atoms with E-state index in [1.54, 1.807) is 0 Å². The zero-order chi connectivity index (χ0) is 12.3. The maximum Gasteiger partial charge on any atom is -0.0181 e. The van der Waals surface area contributed by atoms with Crippen molar-refractivity contribution in [3.05, 3.63) is 59.2 Å². The summed E-state index contributed by atoms with van der Waals surface area (Å²) >= 11 is 0. The molecule has 88 valence electrons. The van der Waals surface area contributed by atoms with E-state index < -0.39 is 0 Å². The molecule has 0 aliphatic carbocycles. The molecule has 0 atom stereocenters. The zero-order valence-electron chi connectivity index (χ0n) is 11.0. The van der Waals surface area contributed by atoms with Crippen molar-refractivity contribution in [2.24, 2.45) is 0 Å². The molecule has 0 aliphatic heterocycles. The van der Waals surface area contributed by atoms with Crippen molar-refractivity contribution in [3.63, 3.8) is 0 Å². The van der Waals surface area contributed by atoms with Crippen LogP contribution < -0.4 is 0 Å². The highest BCUT2D eigenvalue weighted by Crippen LogP contribution is 2.23. The maximum absolute atomic E-state index is 2.32. The largest absolute Gasteiger partial charge is 0.0613 e. The normalized spacial score (nSPS) is 10.5. The zero-order valence-corrected chi connectivity index (χ0v) is 11.0. The minimum Gasteiger partial charge on any atom is -0.0613 e. The van der Waals surface area contributed by atoms with Gasteiger partial charge in [0.15, 0.2) is 0 Å². The molecule has 0 spiro atoms. The maximum atomic E-state index is 2.32. The Balaban J connectivity index is 2.38. The van der Waals surface area contributed by atoms with Crippen LogP contribution in [0.1, 0.15) is 30.5 Å². The highest BCUT2D eigenvalue weighted by atomic mass is 14.1. The van der Waals surface area contributed by atoms with Crippen molar-refractivity contribution in [1.29, 1.82) is 0 Å². The van der Waals surface area contributed by atoms with Gasteiger partial charge in [-0.2, -0.15) is 0 Å². The highest BCUT2D eigenvalue weighted by Gasteiger charge is 2.01. The van der Waals surface area contributed by atoms with Gasteiger partial charge in [-0.15, -0.1) is 0 Å². The summed E-state index contributed by atoms with van der Waals surface area (Å²) in [6.45, 7) is 6.59. The average molecular weight is 224 g/mol. The standard InChI is InChI=1S/C17H20/c1-4-14-7-10-16(11-8-14)17-9-6-13(3)15(5-2)12-17/h6-12H,4-5H2,1-3H3. The second kappa shape index (κ2) is 5.18. The van der Waals surface area contributed by atoms with E-state index in [-0.39, 0.29) is 0 Å². The van der Waals surface area contributed by atoms with Crippen LogP contribution in [-0.2, 0) is 12.8 Å². The fourth-order valence-electron chi connectivity index (χ4n) is 2.16. The summed E-state index contributed by atoms with van der Waals surface area (Å²) in [6, 6.07) is 15.7. The summed E-state index contributed by atoms with van der Waals surface area (Å²) in [4.78, 5) is 0. The SMILES string of the molecule is CCc1ccc(-c2ccc(C)c(CC)c2)cc1. The first-order valence-electron chi connectivity index (χ1n) is 6.43. The Kier molecular flexibility index (Phi) is 3.63. The Morgan fingerprint density at radius 2 is 1.41 bits per heavy atom. The minimum absolute atomic E-state index is 1.10. The van der Waals surface area contributed by atoms with Gasteiger partial charge in [0.2, 0.25) is 0 Å². The van der Waals surface area contributed by atoms with Crippen LogP contribution in [0.4, 0.5) is 0 Å². The molecule has 0 radical (unpaired) electrons. The Hall–Kier alpha value is -1.56. The molecule has 0 bridgehead atoms. The first-order valence-corrected chi connectivity index (χ1v) is 6.43. The predicted octanol–water partition coefficient (Wildman–Crippen LogP) is 4.79. The lowest BCUT2D eigenvalue weighted by atomic mass is 9.97. The van der Waals surface area contributed by atoms with Crippen LogP contribution in [0.3, 0.4) is 0 Å². The minimum atomic E-state index is 1.10. The second-order valence-electron chi connectivity index (χ2n) is 4.55. The van der Waals surface area contributed by atoms with Crippen LogP contribution in [0.25, 0.3) is 11.1 Å². The van der Waals surface area contributed by atoms with Gasteiger partial charge >= 0.3 is 0 Å². The van der Waals surface area contributed by atoms with Crippen molar-refractivity contribution in [2.45, 2.75) is 33.6 Å². The molecule has 2 aromatic carbocycles. The van der Waals surface area contributed by atoms with Gasteiger partial charge in [0.1, 0.15) is 0 Å². The second-order valence-corrected chi connectivity index (χ2v) is 4.55. The van der Waals surface area contributed by atoms with Gasteiger partial charge < -0.3 is 0 Å². The molecule has 0 N–H and O–H groups in total. The average Bonchev–Trinajstić information content (AvgIpc) is 2.39. The molecule has 2 aromatic rings. The molecule has 0 aromatic heterocycles. The Bertz CT molecular complexity index is 492. The van der Waals surface area contributed by atoms with E-state index in [1.165, 1.54) is 27.8 Å². The van der Waals surface area contributed by atoms with Crippen LogP contribution in [0.15, 0.2) is 42.5 Å². The molecule has 0 fully saturated rings. The molecular weight excluding hydrogens is 204 g/mol. The van der Waals surface area contributed by atoms with E-state index in [0.717, 1.165) is 12.8 Å². The molecule has 0 aliphatic rings. The molecule has 0 saturated carbocycles. The summed E-state index contributed by atoms with van der Waals surface area (Å²) < 4.78 is 0. The number of hydrogen-bond donors (Lipinski definition) is 0. The van der Waals surface area contributed by atoms with Gasteiger partial charge in [-0.25, -0.2) is 0 Å². The van der Waals surface area contributed by atoms with E-state index in [1.807, 2.05) is 0 Å². The molecule has 0 saturated heterocycles. The van der Waals surface area contributed by atoms with E-state index in [4.69, 9.17) is 0 Å². The molecule has 0 amide bonds. The van der Waals surface area contributed by atoms with Crippen molar-refractivity contribution in [1.82, 2.24) is 0 Å². The van der Waals surface area contributed by atoms with E-state index in [2.05, 4.69) is 63.2 Å². The van der Waals surface area contributed by atoms with Gasteiger partial charge in [0.25, 0.3) is 0 Å². The van der Waals surface area contributed by atoms with E-state index in [9.17, 15) is 0 Å². The molecule has 0 heteroatoms. The van der Waals surface area contributed by atoms with E-state index in [0.29, 0.717) is 0 Å². The van der Waals surface area contributed by atoms with Gasteiger partial charge in [-0.1, -0.05) is 56.3 Å². The topological polar surface area (TPSA) is 0 Å². The third-order valence-corrected chi connectivity index (χ3v) is 3.43. The number of hydrogen-bond acceptors (Lipinski definition) is 0. The highest BCUT2D eigenvalue weighted by molar-refractivity contribution is 5.65. The van der Waals surface area contributed by atoms with Crippen molar-refractivity contribution < 1.29 is 0 Å². The predicted molar refractivity (Wildman–Crippen MR) is 75.4 cm³/mol. The summed E-state index contributed by atoms with van der Waals surface area (Å²) in [5.74, 6) is 0. The van der Waals surface area contributed by atoms with Crippen LogP contribution in [-0.4, -0.2) is 0 Å². The molecule has 0 unspecified atom stereocenters. The summed E-state index contributed by atoms with van der Waals surface area (Å²) in [6.07, 6.45) is 2.21. The van der Waals surface area contributed by atoms with Crippen molar-refractivity contribution >= 4 is 0 Å². The van der Waals surface area contributed by atoms with E-state index >= 15 is 0 Å². The first-order chi connectivity index (χ1) is 8.24. The van der Waals surface area contributed by atoms with Crippen LogP contribution in [0.5, 0.6) is 0 Å². The lowest BCUT2D eigenvalue weighted by Gasteiger charge is -2.08. The van der Waals surface area contributed by atoms with Gasteiger partial charge in [0, 0.05) is 0 Å². The lowest BCUT2D eigenvalue weighted by Crippen LogP contribution is -1.88. The van der Waals surface area contributed by atoms with Crippen LogP contribution >= 0.6 is 0 Å². The number of rotatable bonds is 3. The Morgan fingerprint density at radius 3 is 2.00 bits per heavy atom. The summed E-state index contributed by atoms with van der Waals surface area (Å²) in [5.41, 5.74) is 6.88. The molecule has 0 heterocycles. The van der Waals surface area contributed by atoms with Crippen molar-refractivity contribution in [3.8, 4) is 11.1 Å². The third-order valence-electron chi connectivity index (χ3n) is 3.43. The van der Waals surface area contributed by atoms with Gasteiger partial charge in [-0.05, 0) is 47.6 Å². The Morgan fingerprint density at radius 1 is 0.765 bits per heavy atom. The molecular formula is C17H20. The fourth-order valence-corrected chi connectivity index (χ4v) is 2.16. The number of aryl methyl sites for hydroxylation is 3. The van der Waals surface area contributed by atoms with Gasteiger partial charge in [-0.3, -0.25) is 0 Å². The lowest BCUT2D eigenvalue weighted by molar-refractivity contribution is 1.11. The molecule has 2 rings (SSSR count). The third kappa shape index (κ3) is 2.58.